The largest absolute Gasteiger partial charge is 0.493 e. The van der Waals surface area contributed by atoms with E-state index in [0.717, 1.165) is 5.56 Å². The molecule has 1 amide bonds. The lowest BCUT2D eigenvalue weighted by Gasteiger charge is -2.11. The first kappa shape index (κ1) is 15.2. The number of rotatable bonds is 7. The highest BCUT2D eigenvalue weighted by Gasteiger charge is 2.07. The summed E-state index contributed by atoms with van der Waals surface area (Å²) in [5, 5.41) is 2.56. The standard InChI is InChI=1S/C13H18N2O3S/c1-15-12(16)4-3-7-18-10-6-5-9(13(14)19)8-11(10)17-2/h5-6,8H,3-4,7H2,1-2H3,(H2,14,19)(H,15,16). The molecule has 5 nitrogen and oxygen atoms in total. The Hall–Kier alpha value is -1.82. The second-order valence-electron chi connectivity index (χ2n) is 3.86. The van der Waals surface area contributed by atoms with Crippen LogP contribution in [-0.2, 0) is 4.79 Å². The molecule has 0 aliphatic rings. The van der Waals surface area contributed by atoms with Crippen LogP contribution in [0, 0.1) is 0 Å². The van der Waals surface area contributed by atoms with Gasteiger partial charge in [0, 0.05) is 19.0 Å². The van der Waals surface area contributed by atoms with Crippen LogP contribution in [0.25, 0.3) is 0 Å². The molecule has 0 atom stereocenters. The van der Waals surface area contributed by atoms with Crippen molar-refractivity contribution >= 4 is 23.1 Å². The molecule has 0 aliphatic heterocycles. The Balaban J connectivity index is 2.58. The van der Waals surface area contributed by atoms with Gasteiger partial charge in [0.2, 0.25) is 5.91 Å². The van der Waals surface area contributed by atoms with Crippen molar-refractivity contribution in [3.63, 3.8) is 0 Å². The van der Waals surface area contributed by atoms with Crippen molar-refractivity contribution in [2.24, 2.45) is 5.73 Å². The first-order valence-electron chi connectivity index (χ1n) is 5.89. The van der Waals surface area contributed by atoms with Gasteiger partial charge < -0.3 is 20.5 Å². The van der Waals surface area contributed by atoms with Crippen LogP contribution in [0.15, 0.2) is 18.2 Å². The van der Waals surface area contributed by atoms with Crippen molar-refractivity contribution in [1.82, 2.24) is 5.32 Å². The third-order valence-electron chi connectivity index (χ3n) is 2.53. The Morgan fingerprint density at radius 1 is 1.42 bits per heavy atom. The van der Waals surface area contributed by atoms with Gasteiger partial charge in [0.25, 0.3) is 0 Å². The molecule has 0 aliphatic carbocycles. The van der Waals surface area contributed by atoms with E-state index >= 15 is 0 Å². The van der Waals surface area contributed by atoms with E-state index < -0.39 is 0 Å². The fourth-order valence-electron chi connectivity index (χ4n) is 1.48. The van der Waals surface area contributed by atoms with Crippen LogP contribution in [0.1, 0.15) is 18.4 Å². The van der Waals surface area contributed by atoms with Crippen molar-refractivity contribution in [2.75, 3.05) is 20.8 Å². The molecule has 0 radical (unpaired) electrons. The third kappa shape index (κ3) is 4.75. The zero-order chi connectivity index (χ0) is 14.3. The number of nitrogens with two attached hydrogens (primary N) is 1. The van der Waals surface area contributed by atoms with E-state index in [0.29, 0.717) is 35.9 Å². The average molecular weight is 282 g/mol. The van der Waals surface area contributed by atoms with E-state index in [1.54, 1.807) is 32.4 Å². The number of amides is 1. The summed E-state index contributed by atoms with van der Waals surface area (Å²) < 4.78 is 10.8. The van der Waals surface area contributed by atoms with Crippen molar-refractivity contribution in [1.29, 1.82) is 0 Å². The quantitative estimate of drug-likeness (QED) is 0.581. The monoisotopic (exact) mass is 282 g/mol. The molecule has 0 saturated carbocycles. The van der Waals surface area contributed by atoms with E-state index in [1.165, 1.54) is 0 Å². The number of hydrogen-bond acceptors (Lipinski definition) is 4. The van der Waals surface area contributed by atoms with E-state index in [-0.39, 0.29) is 5.91 Å². The molecule has 0 saturated heterocycles. The van der Waals surface area contributed by atoms with Crippen molar-refractivity contribution in [3.8, 4) is 11.5 Å². The van der Waals surface area contributed by atoms with Gasteiger partial charge in [-0.3, -0.25) is 4.79 Å². The first-order chi connectivity index (χ1) is 9.08. The fraction of sp³-hybridized carbons (Fsp3) is 0.385. The minimum atomic E-state index is -0.000562. The number of carbonyl (C=O) groups is 1. The predicted octanol–water partition coefficient (Wildman–Crippen LogP) is 1.23. The number of methoxy groups -OCH3 is 1. The molecule has 0 aromatic heterocycles. The SMILES string of the molecule is CNC(=O)CCCOc1ccc(C(N)=S)cc1OC. The number of thiocarbonyl (C=S) groups is 1. The maximum absolute atomic E-state index is 11.0. The van der Waals surface area contributed by atoms with Crippen LogP contribution in [0.5, 0.6) is 11.5 Å². The van der Waals surface area contributed by atoms with E-state index in [9.17, 15) is 4.79 Å². The molecular formula is C13H18N2O3S. The van der Waals surface area contributed by atoms with Gasteiger partial charge in [0.15, 0.2) is 11.5 Å². The summed E-state index contributed by atoms with van der Waals surface area (Å²) in [7, 11) is 3.16. The van der Waals surface area contributed by atoms with Crippen molar-refractivity contribution in [2.45, 2.75) is 12.8 Å². The second-order valence-corrected chi connectivity index (χ2v) is 4.29. The Kier molecular flexibility index (Phi) is 6.08. The summed E-state index contributed by atoms with van der Waals surface area (Å²) in [5.41, 5.74) is 6.27. The van der Waals surface area contributed by atoms with Crippen molar-refractivity contribution < 1.29 is 14.3 Å². The maximum Gasteiger partial charge on any atom is 0.219 e. The molecule has 104 valence electrons. The summed E-state index contributed by atoms with van der Waals surface area (Å²) in [6, 6.07) is 5.27. The topological polar surface area (TPSA) is 73.6 Å². The lowest BCUT2D eigenvalue weighted by molar-refractivity contribution is -0.120. The van der Waals surface area contributed by atoms with Crippen LogP contribution < -0.4 is 20.5 Å². The number of benzene rings is 1. The van der Waals surface area contributed by atoms with Crippen LogP contribution in [0.3, 0.4) is 0 Å². The van der Waals surface area contributed by atoms with Gasteiger partial charge in [-0.2, -0.15) is 0 Å². The van der Waals surface area contributed by atoms with Crippen LogP contribution in [0.4, 0.5) is 0 Å². The summed E-state index contributed by atoms with van der Waals surface area (Å²) in [5.74, 6) is 1.18. The normalized spacial score (nSPS) is 9.79. The minimum absolute atomic E-state index is 0.000562. The maximum atomic E-state index is 11.0. The summed E-state index contributed by atoms with van der Waals surface area (Å²) in [6.07, 6.45) is 1.07. The molecule has 0 fully saturated rings. The fourth-order valence-corrected chi connectivity index (χ4v) is 1.61. The van der Waals surface area contributed by atoms with Gasteiger partial charge in [-0.1, -0.05) is 12.2 Å². The Bertz CT molecular complexity index is 463. The number of nitrogens with one attached hydrogen (secondary N) is 1. The van der Waals surface area contributed by atoms with Crippen LogP contribution >= 0.6 is 12.2 Å². The Morgan fingerprint density at radius 2 is 2.16 bits per heavy atom. The van der Waals surface area contributed by atoms with E-state index in [4.69, 9.17) is 27.4 Å². The number of carbonyl (C=O) groups excluding carboxylic acids is 1. The zero-order valence-electron chi connectivity index (χ0n) is 11.1. The molecule has 0 heterocycles. The predicted molar refractivity (Wildman–Crippen MR) is 77.7 cm³/mol. The van der Waals surface area contributed by atoms with Crippen LogP contribution in [-0.4, -0.2) is 31.7 Å². The highest BCUT2D eigenvalue weighted by atomic mass is 32.1. The highest BCUT2D eigenvalue weighted by Crippen LogP contribution is 2.28. The molecular weight excluding hydrogens is 264 g/mol. The minimum Gasteiger partial charge on any atom is -0.493 e. The molecule has 1 rings (SSSR count). The van der Waals surface area contributed by atoms with Gasteiger partial charge in [0.1, 0.15) is 4.99 Å². The molecule has 19 heavy (non-hydrogen) atoms. The van der Waals surface area contributed by atoms with Gasteiger partial charge in [-0.05, 0) is 24.6 Å². The third-order valence-corrected chi connectivity index (χ3v) is 2.77. The van der Waals surface area contributed by atoms with Gasteiger partial charge in [0.05, 0.1) is 13.7 Å². The van der Waals surface area contributed by atoms with Crippen molar-refractivity contribution in [3.05, 3.63) is 23.8 Å². The lowest BCUT2D eigenvalue weighted by Crippen LogP contribution is -2.18. The summed E-state index contributed by atoms with van der Waals surface area (Å²) >= 11 is 4.90. The summed E-state index contributed by atoms with van der Waals surface area (Å²) in [6.45, 7) is 0.441. The molecule has 1 aromatic rings. The number of hydrogen-bond donors (Lipinski definition) is 2. The molecule has 3 N–H and O–H groups in total. The highest BCUT2D eigenvalue weighted by molar-refractivity contribution is 7.80. The second kappa shape index (κ2) is 7.58. The molecule has 0 spiro atoms. The molecule has 0 bridgehead atoms. The van der Waals surface area contributed by atoms with Gasteiger partial charge in [-0.25, -0.2) is 0 Å². The molecule has 0 unspecified atom stereocenters. The Labute approximate surface area is 118 Å². The number of ether oxygens (including phenoxy) is 2. The molecule has 6 heteroatoms. The van der Waals surface area contributed by atoms with Crippen LogP contribution in [0.2, 0.25) is 0 Å². The lowest BCUT2D eigenvalue weighted by atomic mass is 10.2. The summed E-state index contributed by atoms with van der Waals surface area (Å²) in [4.78, 5) is 11.4. The Morgan fingerprint density at radius 3 is 2.74 bits per heavy atom. The smallest absolute Gasteiger partial charge is 0.219 e. The van der Waals surface area contributed by atoms with E-state index in [2.05, 4.69) is 5.32 Å². The first-order valence-corrected chi connectivity index (χ1v) is 6.30. The van der Waals surface area contributed by atoms with Gasteiger partial charge in [-0.15, -0.1) is 0 Å². The van der Waals surface area contributed by atoms with E-state index in [1.807, 2.05) is 0 Å². The average Bonchev–Trinajstić information content (AvgIpc) is 2.42. The molecule has 1 aromatic carbocycles. The zero-order valence-corrected chi connectivity index (χ0v) is 11.9. The van der Waals surface area contributed by atoms with Gasteiger partial charge >= 0.3 is 0 Å².